The number of thiazole rings is 1. The summed E-state index contributed by atoms with van der Waals surface area (Å²) < 4.78 is 1.95. The van der Waals surface area contributed by atoms with E-state index in [1.54, 1.807) is 11.3 Å². The predicted molar refractivity (Wildman–Crippen MR) is 84.9 cm³/mol. The third kappa shape index (κ3) is 1.57. The normalized spacial score (nSPS) is 11.4. The van der Waals surface area contributed by atoms with Crippen LogP contribution in [-0.2, 0) is 0 Å². The zero-order chi connectivity index (χ0) is 13.7. The van der Waals surface area contributed by atoms with Crippen molar-refractivity contribution in [3.63, 3.8) is 0 Å². The second-order valence-electron chi connectivity index (χ2n) is 4.26. The molecule has 0 fully saturated rings. The van der Waals surface area contributed by atoms with Crippen LogP contribution in [0.1, 0.15) is 0 Å². The fraction of sp³-hybridized carbons (Fsp3) is 0. The molecule has 4 aromatic rings. The first-order valence-corrected chi connectivity index (χ1v) is 7.52. The van der Waals surface area contributed by atoms with Gasteiger partial charge in [-0.1, -0.05) is 12.1 Å². The van der Waals surface area contributed by atoms with Crippen LogP contribution < -0.4 is 11.5 Å². The molecule has 0 bridgehead atoms. The molecule has 98 valence electrons. The lowest BCUT2D eigenvalue weighted by Crippen LogP contribution is -1.90. The fourth-order valence-corrected chi connectivity index (χ4v) is 4.14. The number of fused-ring (bicyclic) bond motifs is 2. The fourth-order valence-electron chi connectivity index (χ4n) is 2.13. The first-order chi connectivity index (χ1) is 9.74. The van der Waals surface area contributed by atoms with Gasteiger partial charge in [0.2, 0.25) is 0 Å². The average Bonchev–Trinajstić information content (AvgIpc) is 2.99. The Bertz CT molecular complexity index is 907. The second-order valence-corrected chi connectivity index (χ2v) is 6.35. The summed E-state index contributed by atoms with van der Waals surface area (Å²) in [6.45, 7) is 0. The smallest absolute Gasteiger partial charge is 0.144 e. The number of hydrogen-bond acceptors (Lipinski definition) is 7. The topological polar surface area (TPSA) is 90.7 Å². The molecule has 4 rings (SSSR count). The highest BCUT2D eigenvalue weighted by molar-refractivity contribution is 7.25. The molecule has 1 aromatic carbocycles. The molecule has 0 radical (unpaired) electrons. The van der Waals surface area contributed by atoms with Gasteiger partial charge in [0.05, 0.1) is 31.0 Å². The van der Waals surface area contributed by atoms with Gasteiger partial charge < -0.3 is 11.5 Å². The first-order valence-electron chi connectivity index (χ1n) is 5.88. The summed E-state index contributed by atoms with van der Waals surface area (Å²) in [6.07, 6.45) is 1.46. The van der Waals surface area contributed by atoms with E-state index in [1.807, 2.05) is 24.3 Å². The number of nitrogens with two attached hydrogens (primary N) is 2. The number of nitrogens with zero attached hydrogens (tertiary/aromatic N) is 3. The summed E-state index contributed by atoms with van der Waals surface area (Å²) in [5, 5.41) is 1.54. The summed E-state index contributed by atoms with van der Waals surface area (Å²) in [4.78, 5) is 13.0. The lowest BCUT2D eigenvalue weighted by atomic mass is 10.2. The number of hydrogen-bond donors (Lipinski definition) is 2. The van der Waals surface area contributed by atoms with Crippen molar-refractivity contribution >= 4 is 53.9 Å². The number of para-hydroxylation sites is 1. The number of benzene rings is 1. The molecule has 5 nitrogen and oxygen atoms in total. The van der Waals surface area contributed by atoms with Gasteiger partial charge in [-0.05, 0) is 12.1 Å². The Morgan fingerprint density at radius 1 is 1.00 bits per heavy atom. The maximum atomic E-state index is 6.14. The minimum atomic E-state index is 0.457. The highest BCUT2D eigenvalue weighted by Crippen LogP contribution is 2.43. The van der Waals surface area contributed by atoms with E-state index in [2.05, 4.69) is 15.0 Å². The summed E-state index contributed by atoms with van der Waals surface area (Å²) in [7, 11) is 0. The van der Waals surface area contributed by atoms with Crippen LogP contribution >= 0.6 is 22.7 Å². The second kappa shape index (κ2) is 4.12. The van der Waals surface area contributed by atoms with Crippen LogP contribution in [0.3, 0.4) is 0 Å². The summed E-state index contributed by atoms with van der Waals surface area (Å²) in [6, 6.07) is 8.01. The maximum absolute atomic E-state index is 6.14. The van der Waals surface area contributed by atoms with E-state index in [-0.39, 0.29) is 0 Å². The zero-order valence-corrected chi connectivity index (χ0v) is 11.8. The molecule has 0 amide bonds. The van der Waals surface area contributed by atoms with Crippen molar-refractivity contribution in [2.45, 2.75) is 0 Å². The Hall–Kier alpha value is -2.25. The molecule has 7 heteroatoms. The molecular formula is C13H9N5S2. The van der Waals surface area contributed by atoms with E-state index in [0.717, 1.165) is 31.0 Å². The van der Waals surface area contributed by atoms with Crippen molar-refractivity contribution in [3.05, 3.63) is 30.6 Å². The molecule has 0 saturated carbocycles. The van der Waals surface area contributed by atoms with Crippen molar-refractivity contribution in [1.82, 2.24) is 15.0 Å². The van der Waals surface area contributed by atoms with Gasteiger partial charge in [0.1, 0.15) is 17.2 Å². The Labute approximate surface area is 121 Å². The highest BCUT2D eigenvalue weighted by atomic mass is 32.1. The van der Waals surface area contributed by atoms with E-state index in [4.69, 9.17) is 11.5 Å². The van der Waals surface area contributed by atoms with Gasteiger partial charge >= 0.3 is 0 Å². The summed E-state index contributed by atoms with van der Waals surface area (Å²) in [5.41, 5.74) is 14.6. The van der Waals surface area contributed by atoms with Crippen molar-refractivity contribution in [1.29, 1.82) is 0 Å². The maximum Gasteiger partial charge on any atom is 0.144 e. The van der Waals surface area contributed by atoms with E-state index in [9.17, 15) is 0 Å². The van der Waals surface area contributed by atoms with Crippen LogP contribution in [-0.4, -0.2) is 15.0 Å². The van der Waals surface area contributed by atoms with Crippen LogP contribution in [0.5, 0.6) is 0 Å². The largest absolute Gasteiger partial charge is 0.390 e. The number of thiophene rings is 1. The molecule has 0 unspecified atom stereocenters. The first kappa shape index (κ1) is 11.6. The number of anilines is 2. The van der Waals surface area contributed by atoms with Gasteiger partial charge in [-0.15, -0.1) is 22.7 Å². The van der Waals surface area contributed by atoms with E-state index >= 15 is 0 Å². The lowest BCUT2D eigenvalue weighted by Gasteiger charge is -1.95. The SMILES string of the molecule is Nc1sc2c(N)ncnc2c1-c1nc2ccccc2s1. The summed E-state index contributed by atoms with van der Waals surface area (Å²) >= 11 is 3.01. The molecule has 0 aliphatic carbocycles. The molecule has 4 N–H and O–H groups in total. The molecule has 0 aliphatic rings. The Morgan fingerprint density at radius 2 is 1.85 bits per heavy atom. The van der Waals surface area contributed by atoms with E-state index in [0.29, 0.717) is 10.8 Å². The van der Waals surface area contributed by atoms with Gasteiger partial charge in [-0.3, -0.25) is 0 Å². The minimum absolute atomic E-state index is 0.457. The van der Waals surface area contributed by atoms with Crippen LogP contribution in [0.25, 0.3) is 31.0 Å². The Balaban J connectivity index is 2.06. The Morgan fingerprint density at radius 3 is 2.70 bits per heavy atom. The molecule has 0 aliphatic heterocycles. The molecule has 20 heavy (non-hydrogen) atoms. The molecule has 0 spiro atoms. The predicted octanol–water partition coefficient (Wildman–Crippen LogP) is 3.13. The number of aromatic nitrogens is 3. The van der Waals surface area contributed by atoms with E-state index < -0.39 is 0 Å². The van der Waals surface area contributed by atoms with Crippen LogP contribution in [0, 0.1) is 0 Å². The third-order valence-electron chi connectivity index (χ3n) is 3.03. The van der Waals surface area contributed by atoms with Gasteiger partial charge in [-0.2, -0.15) is 0 Å². The van der Waals surface area contributed by atoms with Crippen molar-refractivity contribution < 1.29 is 0 Å². The zero-order valence-electron chi connectivity index (χ0n) is 10.2. The van der Waals surface area contributed by atoms with Gasteiger partial charge in [-0.25, -0.2) is 15.0 Å². The quantitative estimate of drug-likeness (QED) is 0.563. The molecule has 0 atom stereocenters. The van der Waals surface area contributed by atoms with Gasteiger partial charge in [0.15, 0.2) is 0 Å². The van der Waals surface area contributed by atoms with Crippen LogP contribution in [0.4, 0.5) is 10.8 Å². The van der Waals surface area contributed by atoms with Crippen LogP contribution in [0.2, 0.25) is 0 Å². The lowest BCUT2D eigenvalue weighted by molar-refractivity contribution is 1.24. The molecule has 3 heterocycles. The Kier molecular flexibility index (Phi) is 2.38. The number of rotatable bonds is 1. The minimum Gasteiger partial charge on any atom is -0.390 e. The number of nitrogen functional groups attached to an aromatic ring is 2. The van der Waals surface area contributed by atoms with Crippen LogP contribution in [0.15, 0.2) is 30.6 Å². The molecule has 0 saturated heterocycles. The van der Waals surface area contributed by atoms with Crippen molar-refractivity contribution in [2.24, 2.45) is 0 Å². The van der Waals surface area contributed by atoms with E-state index in [1.165, 1.54) is 17.7 Å². The summed E-state index contributed by atoms with van der Waals surface area (Å²) in [5.74, 6) is 0.457. The van der Waals surface area contributed by atoms with Gasteiger partial charge in [0, 0.05) is 0 Å². The standard InChI is InChI=1S/C13H9N5S2/c14-11-10-9(16-5-17-11)8(12(15)20-10)13-18-6-3-1-2-4-7(6)19-13/h1-5H,15H2,(H2,14,16,17). The monoisotopic (exact) mass is 299 g/mol. The molecule has 3 aromatic heterocycles. The third-order valence-corrected chi connectivity index (χ3v) is 5.12. The highest BCUT2D eigenvalue weighted by Gasteiger charge is 2.18. The van der Waals surface area contributed by atoms with Gasteiger partial charge in [0.25, 0.3) is 0 Å². The molecular weight excluding hydrogens is 290 g/mol. The van der Waals surface area contributed by atoms with Crippen molar-refractivity contribution in [2.75, 3.05) is 11.5 Å². The van der Waals surface area contributed by atoms with Crippen molar-refractivity contribution in [3.8, 4) is 10.6 Å². The average molecular weight is 299 g/mol.